The second-order valence-electron chi connectivity index (χ2n) is 5.25. The summed E-state index contributed by atoms with van der Waals surface area (Å²) in [5.41, 5.74) is 0. The molecule has 0 radical (unpaired) electrons. The van der Waals surface area contributed by atoms with Crippen LogP contribution in [0, 0.1) is 5.92 Å². The molecule has 1 N–H and O–H groups in total. The highest BCUT2D eigenvalue weighted by atomic mass is 32.2. The van der Waals surface area contributed by atoms with Crippen molar-refractivity contribution in [3.63, 3.8) is 0 Å². The molecular weight excluding hydrogens is 252 g/mol. The van der Waals surface area contributed by atoms with Crippen LogP contribution in [-0.4, -0.2) is 57.2 Å². The summed E-state index contributed by atoms with van der Waals surface area (Å²) in [6.45, 7) is 8.68. The molecule has 1 atom stereocenters. The van der Waals surface area contributed by atoms with E-state index in [1.165, 1.54) is 16.7 Å². The van der Waals surface area contributed by atoms with Gasteiger partial charge in [0, 0.05) is 18.3 Å². The van der Waals surface area contributed by atoms with E-state index in [1.807, 2.05) is 13.8 Å². The van der Waals surface area contributed by atoms with Crippen molar-refractivity contribution in [2.45, 2.75) is 39.8 Å². The lowest BCUT2D eigenvalue weighted by atomic mass is 10.2. The van der Waals surface area contributed by atoms with Crippen LogP contribution in [0.2, 0.25) is 0 Å². The zero-order valence-electron chi connectivity index (χ0n) is 11.4. The minimum Gasteiger partial charge on any atom is -0.480 e. The van der Waals surface area contributed by atoms with E-state index in [4.69, 9.17) is 5.11 Å². The topological polar surface area (TPSA) is 60.9 Å². The third-order valence-electron chi connectivity index (χ3n) is 2.84. The van der Waals surface area contributed by atoms with E-state index < -0.39 is 12.0 Å². The predicted molar refractivity (Wildman–Crippen MR) is 72.7 cm³/mol. The molecule has 1 unspecified atom stereocenters. The number of carbonyl (C=O) groups excluding carboxylic acids is 1. The maximum Gasteiger partial charge on any atom is 0.327 e. The Hall–Kier alpha value is -0.910. The zero-order chi connectivity index (χ0) is 13.9. The van der Waals surface area contributed by atoms with Gasteiger partial charge in [0.25, 0.3) is 0 Å². The molecule has 1 saturated heterocycles. The molecule has 0 bridgehead atoms. The normalized spacial score (nSPS) is 19.7. The number of urea groups is 1. The van der Waals surface area contributed by atoms with Crippen LogP contribution in [0.15, 0.2) is 0 Å². The van der Waals surface area contributed by atoms with Crippen molar-refractivity contribution in [2.24, 2.45) is 5.92 Å². The second-order valence-corrected chi connectivity index (χ2v) is 6.25. The standard InChI is InChI=1S/C12H22N2O3S/c1-8(2)5-13(9(3)4)12(17)14-7-18-6-10(14)11(15)16/h8-10H,5-7H2,1-4H3,(H,15,16). The molecule has 0 spiro atoms. The van der Waals surface area contributed by atoms with E-state index in [1.54, 1.807) is 4.90 Å². The van der Waals surface area contributed by atoms with Crippen LogP contribution in [0.3, 0.4) is 0 Å². The van der Waals surface area contributed by atoms with Crippen LogP contribution in [0.1, 0.15) is 27.7 Å². The van der Waals surface area contributed by atoms with E-state index in [0.29, 0.717) is 24.1 Å². The van der Waals surface area contributed by atoms with Gasteiger partial charge >= 0.3 is 12.0 Å². The number of carboxylic acid groups (broad SMARTS) is 1. The lowest BCUT2D eigenvalue weighted by Gasteiger charge is -2.33. The molecule has 5 nitrogen and oxygen atoms in total. The average Bonchev–Trinajstić information content (AvgIpc) is 2.73. The first kappa shape index (κ1) is 15.1. The molecule has 0 aromatic carbocycles. The summed E-state index contributed by atoms with van der Waals surface area (Å²) in [5, 5.41) is 9.11. The quantitative estimate of drug-likeness (QED) is 0.851. The van der Waals surface area contributed by atoms with Crippen LogP contribution in [0.4, 0.5) is 4.79 Å². The molecule has 6 heteroatoms. The van der Waals surface area contributed by atoms with Gasteiger partial charge in [-0.1, -0.05) is 13.8 Å². The number of thioether (sulfide) groups is 1. The molecule has 0 aliphatic carbocycles. The minimum absolute atomic E-state index is 0.0833. The SMILES string of the molecule is CC(C)CN(C(=O)N1CSCC1C(=O)O)C(C)C. The predicted octanol–water partition coefficient (Wildman–Crippen LogP) is 1.93. The highest BCUT2D eigenvalue weighted by Gasteiger charge is 2.37. The fourth-order valence-electron chi connectivity index (χ4n) is 1.90. The average molecular weight is 274 g/mol. The summed E-state index contributed by atoms with van der Waals surface area (Å²) >= 11 is 1.49. The summed E-state index contributed by atoms with van der Waals surface area (Å²) in [6, 6.07) is -0.757. The van der Waals surface area contributed by atoms with Crippen molar-refractivity contribution in [1.82, 2.24) is 9.80 Å². The van der Waals surface area contributed by atoms with Gasteiger partial charge in [-0.2, -0.15) is 0 Å². The number of aliphatic carboxylic acids is 1. The molecule has 1 aliphatic heterocycles. The van der Waals surface area contributed by atoms with Crippen molar-refractivity contribution >= 4 is 23.8 Å². The number of carbonyl (C=O) groups is 2. The number of carboxylic acids is 1. The Kier molecular flexibility index (Phi) is 5.31. The molecule has 2 amide bonds. The lowest BCUT2D eigenvalue weighted by Crippen LogP contribution is -2.51. The first-order valence-electron chi connectivity index (χ1n) is 6.22. The molecule has 1 aliphatic rings. The number of hydrogen-bond acceptors (Lipinski definition) is 3. The molecule has 1 heterocycles. The van der Waals surface area contributed by atoms with Gasteiger partial charge in [-0.15, -0.1) is 11.8 Å². The summed E-state index contributed by atoms with van der Waals surface area (Å²) in [7, 11) is 0. The molecule has 104 valence electrons. The molecule has 1 fully saturated rings. The van der Waals surface area contributed by atoms with E-state index in [0.717, 1.165) is 0 Å². The third kappa shape index (κ3) is 3.54. The maximum atomic E-state index is 12.4. The monoisotopic (exact) mass is 274 g/mol. The van der Waals surface area contributed by atoms with E-state index in [-0.39, 0.29) is 12.1 Å². The highest BCUT2D eigenvalue weighted by molar-refractivity contribution is 7.99. The summed E-state index contributed by atoms with van der Waals surface area (Å²) in [5.74, 6) is 0.405. The van der Waals surface area contributed by atoms with Gasteiger partial charge in [0.1, 0.15) is 6.04 Å². The van der Waals surface area contributed by atoms with Crippen LogP contribution in [0.5, 0.6) is 0 Å². The van der Waals surface area contributed by atoms with Crippen LogP contribution in [-0.2, 0) is 4.79 Å². The Bertz CT molecular complexity index is 320. The molecule has 0 saturated carbocycles. The first-order chi connectivity index (χ1) is 8.34. The third-order valence-corrected chi connectivity index (χ3v) is 3.86. The molecule has 1 rings (SSSR count). The smallest absolute Gasteiger partial charge is 0.327 e. The minimum atomic E-state index is -0.915. The van der Waals surface area contributed by atoms with Crippen LogP contribution >= 0.6 is 11.8 Å². The number of rotatable bonds is 4. The Labute approximate surface area is 113 Å². The first-order valence-corrected chi connectivity index (χ1v) is 7.37. The van der Waals surface area contributed by atoms with Gasteiger partial charge in [0.05, 0.1) is 5.88 Å². The Morgan fingerprint density at radius 2 is 2.00 bits per heavy atom. The van der Waals surface area contributed by atoms with Gasteiger partial charge < -0.3 is 14.9 Å². The van der Waals surface area contributed by atoms with Gasteiger partial charge in [0.15, 0.2) is 0 Å². The Morgan fingerprint density at radius 3 is 2.44 bits per heavy atom. The zero-order valence-corrected chi connectivity index (χ0v) is 12.2. The summed E-state index contributed by atoms with van der Waals surface area (Å²) in [4.78, 5) is 26.7. The second kappa shape index (κ2) is 6.31. The van der Waals surface area contributed by atoms with Crippen molar-refractivity contribution in [2.75, 3.05) is 18.2 Å². The molecule has 0 aromatic rings. The van der Waals surface area contributed by atoms with E-state index in [9.17, 15) is 9.59 Å². The summed E-state index contributed by atoms with van der Waals surface area (Å²) in [6.07, 6.45) is 0. The molecular formula is C12H22N2O3S. The van der Waals surface area contributed by atoms with Crippen molar-refractivity contribution in [1.29, 1.82) is 0 Å². The maximum absolute atomic E-state index is 12.4. The van der Waals surface area contributed by atoms with Gasteiger partial charge in [-0.05, 0) is 19.8 Å². The number of nitrogens with zero attached hydrogens (tertiary/aromatic N) is 2. The Morgan fingerprint density at radius 1 is 1.39 bits per heavy atom. The Balaban J connectivity index is 2.79. The van der Waals surface area contributed by atoms with Crippen LogP contribution < -0.4 is 0 Å². The lowest BCUT2D eigenvalue weighted by molar-refractivity contribution is -0.141. The fourth-order valence-corrected chi connectivity index (χ4v) is 3.04. The van der Waals surface area contributed by atoms with Gasteiger partial charge in [-0.3, -0.25) is 0 Å². The number of hydrogen-bond donors (Lipinski definition) is 1. The fraction of sp³-hybridized carbons (Fsp3) is 0.833. The van der Waals surface area contributed by atoms with Crippen LogP contribution in [0.25, 0.3) is 0 Å². The molecule has 18 heavy (non-hydrogen) atoms. The highest BCUT2D eigenvalue weighted by Crippen LogP contribution is 2.23. The summed E-state index contributed by atoms with van der Waals surface area (Å²) < 4.78 is 0. The van der Waals surface area contributed by atoms with E-state index >= 15 is 0 Å². The van der Waals surface area contributed by atoms with Gasteiger partial charge in [-0.25, -0.2) is 9.59 Å². The van der Waals surface area contributed by atoms with Crippen molar-refractivity contribution in [3.05, 3.63) is 0 Å². The van der Waals surface area contributed by atoms with E-state index in [2.05, 4.69) is 13.8 Å². The molecule has 0 aromatic heterocycles. The van der Waals surface area contributed by atoms with Crippen molar-refractivity contribution in [3.8, 4) is 0 Å². The van der Waals surface area contributed by atoms with Gasteiger partial charge in [0.2, 0.25) is 0 Å². The van der Waals surface area contributed by atoms with Crippen molar-refractivity contribution < 1.29 is 14.7 Å². The number of amides is 2. The largest absolute Gasteiger partial charge is 0.480 e.